The highest BCUT2D eigenvalue weighted by Gasteiger charge is 2.41. The highest BCUT2D eigenvalue weighted by Crippen LogP contribution is 2.44. The molecule has 53 heavy (non-hydrogen) atoms. The first-order valence-electron chi connectivity index (χ1n) is 17.9. The number of carbonyl (C=O) groups excluding carboxylic acids is 3. The number of nitrogens with zero attached hydrogens (tertiary/aromatic N) is 3. The molecule has 6 N–H and O–H groups in total. The van der Waals surface area contributed by atoms with Crippen LogP contribution in [0.1, 0.15) is 75.6 Å². The Morgan fingerprint density at radius 1 is 1.00 bits per heavy atom. The number of fused-ring (bicyclic) bond motifs is 2. The predicted molar refractivity (Wildman–Crippen MR) is 194 cm³/mol. The molecule has 1 saturated heterocycles. The molecule has 0 saturated carbocycles. The van der Waals surface area contributed by atoms with Crippen LogP contribution in [-0.4, -0.2) is 111 Å². The van der Waals surface area contributed by atoms with Gasteiger partial charge >= 0.3 is 6.09 Å². The van der Waals surface area contributed by atoms with Gasteiger partial charge in [0.1, 0.15) is 33.2 Å². The van der Waals surface area contributed by atoms with Gasteiger partial charge in [-0.25, -0.2) is 13.2 Å². The van der Waals surface area contributed by atoms with E-state index < -0.39 is 46.1 Å². The van der Waals surface area contributed by atoms with Crippen LogP contribution < -0.4 is 26.0 Å². The van der Waals surface area contributed by atoms with E-state index in [9.17, 15) is 33.0 Å². The van der Waals surface area contributed by atoms with Crippen LogP contribution in [0.4, 0.5) is 4.79 Å². The Hall–Kier alpha value is -4.74. The zero-order valence-corrected chi connectivity index (χ0v) is 30.8. The second kappa shape index (κ2) is 16.1. The van der Waals surface area contributed by atoms with Crippen molar-refractivity contribution >= 4 is 39.4 Å². The molecule has 17 heteroatoms. The van der Waals surface area contributed by atoms with Crippen LogP contribution in [0.3, 0.4) is 0 Å². The van der Waals surface area contributed by atoms with Crippen LogP contribution in [0.25, 0.3) is 0 Å². The van der Waals surface area contributed by atoms with Gasteiger partial charge in [-0.2, -0.15) is 0 Å². The van der Waals surface area contributed by atoms with Gasteiger partial charge in [-0.05, 0) is 74.9 Å². The Morgan fingerprint density at radius 3 is 2.49 bits per heavy atom. The summed E-state index contributed by atoms with van der Waals surface area (Å²) < 4.78 is 38.6. The van der Waals surface area contributed by atoms with Gasteiger partial charge in [-0.1, -0.05) is 12.1 Å². The Morgan fingerprint density at radius 2 is 1.74 bits per heavy atom. The van der Waals surface area contributed by atoms with E-state index in [1.807, 2.05) is 0 Å². The number of aliphatic hydroxyl groups excluding tert-OH is 2. The van der Waals surface area contributed by atoms with Crippen LogP contribution in [0.2, 0.25) is 0 Å². The molecule has 1 fully saturated rings. The van der Waals surface area contributed by atoms with Crippen molar-refractivity contribution in [1.82, 2.24) is 26.2 Å². The fraction of sp³-hybridized carbons (Fsp3) is 0.528. The van der Waals surface area contributed by atoms with Gasteiger partial charge in [0.2, 0.25) is 21.7 Å². The summed E-state index contributed by atoms with van der Waals surface area (Å²) in [6.45, 7) is 4.78. The number of aliphatic imine (C=N–C) groups is 2. The van der Waals surface area contributed by atoms with Gasteiger partial charge in [-0.15, -0.1) is 0 Å². The molecule has 6 atom stereocenters. The fourth-order valence-corrected chi connectivity index (χ4v) is 8.57. The molecule has 0 aromatic heterocycles. The molecule has 4 aliphatic heterocycles. The van der Waals surface area contributed by atoms with Gasteiger partial charge in [0.25, 0.3) is 0 Å². The number of carbonyl (C=O) groups is 3. The maximum absolute atomic E-state index is 13.9. The van der Waals surface area contributed by atoms with Crippen molar-refractivity contribution in [1.29, 1.82) is 0 Å². The number of nitrogens with one attached hydrogen (secondary N) is 4. The minimum Gasteiger partial charge on any atom is -0.455 e. The number of sulfone groups is 1. The molecule has 4 heterocycles. The van der Waals surface area contributed by atoms with Gasteiger partial charge in [0.05, 0.1) is 62.8 Å². The SMILES string of the molecule is COC(=O)N[C@H](C(=O)N1CCC[C@H]1C1=NCC(c2ccc3c(c2)S(=O)(=O)c2ccc(C4CN=C(CCCCNC(=O)C[C@H](C)O)N4)cc2O3)N1)[C@H](C)O. The number of ether oxygens (including phenoxy) is 2. The summed E-state index contributed by atoms with van der Waals surface area (Å²) in [6, 6.07) is 8.10. The lowest BCUT2D eigenvalue weighted by molar-refractivity contribution is -0.135. The Kier molecular flexibility index (Phi) is 11.5. The number of aliphatic hydroxyl groups is 2. The van der Waals surface area contributed by atoms with Crippen molar-refractivity contribution in [2.75, 3.05) is 33.3 Å². The third kappa shape index (κ3) is 8.41. The van der Waals surface area contributed by atoms with Gasteiger partial charge in [-0.3, -0.25) is 19.6 Å². The predicted octanol–water partition coefficient (Wildman–Crippen LogP) is 1.86. The summed E-state index contributed by atoms with van der Waals surface area (Å²) in [5.74, 6) is 1.30. The number of hydrogen-bond donors (Lipinski definition) is 6. The molecule has 0 radical (unpaired) electrons. The lowest BCUT2D eigenvalue weighted by atomic mass is 10.1. The molecule has 16 nitrogen and oxygen atoms in total. The minimum absolute atomic E-state index is 0.0588. The van der Waals surface area contributed by atoms with Gasteiger partial charge < -0.3 is 45.9 Å². The second-order valence-corrected chi connectivity index (χ2v) is 15.7. The molecule has 6 rings (SSSR count). The van der Waals surface area contributed by atoms with Crippen molar-refractivity contribution in [3.05, 3.63) is 47.5 Å². The Bertz CT molecular complexity index is 1900. The number of benzene rings is 2. The summed E-state index contributed by atoms with van der Waals surface area (Å²) in [6.07, 6.45) is 1.10. The normalized spacial score (nSPS) is 22.8. The lowest BCUT2D eigenvalue weighted by Gasteiger charge is -2.30. The third-order valence-corrected chi connectivity index (χ3v) is 11.6. The van der Waals surface area contributed by atoms with Gasteiger partial charge in [0, 0.05) is 19.5 Å². The maximum atomic E-state index is 13.9. The van der Waals surface area contributed by atoms with Gasteiger partial charge in [0.15, 0.2) is 0 Å². The average Bonchev–Trinajstić information content (AvgIpc) is 3.91. The van der Waals surface area contributed by atoms with Crippen LogP contribution in [0, 0.1) is 0 Å². The van der Waals surface area contributed by atoms with Crippen LogP contribution >= 0.6 is 0 Å². The van der Waals surface area contributed by atoms with Crippen LogP contribution in [0.15, 0.2) is 56.2 Å². The van der Waals surface area contributed by atoms with E-state index >= 15 is 0 Å². The second-order valence-electron chi connectivity index (χ2n) is 13.8. The first kappa shape index (κ1) is 38.0. The summed E-state index contributed by atoms with van der Waals surface area (Å²) in [5.41, 5.74) is 1.55. The van der Waals surface area contributed by atoms with E-state index in [0.29, 0.717) is 56.8 Å². The number of amides is 3. The number of hydrogen-bond acceptors (Lipinski definition) is 13. The smallest absolute Gasteiger partial charge is 0.407 e. The summed E-state index contributed by atoms with van der Waals surface area (Å²) >= 11 is 0. The number of rotatable bonds is 13. The highest BCUT2D eigenvalue weighted by atomic mass is 32.2. The molecule has 0 spiro atoms. The minimum atomic E-state index is -3.92. The first-order chi connectivity index (χ1) is 25.3. The maximum Gasteiger partial charge on any atom is 0.407 e. The topological polar surface area (TPSA) is 220 Å². The molecule has 286 valence electrons. The number of amidine groups is 2. The molecule has 2 aromatic rings. The quantitative estimate of drug-likeness (QED) is 0.138. The van der Waals surface area contributed by atoms with Crippen molar-refractivity contribution in [3.63, 3.8) is 0 Å². The number of methoxy groups -OCH3 is 1. The number of alkyl carbamates (subject to hydrolysis) is 1. The van der Waals surface area contributed by atoms with Crippen molar-refractivity contribution in [2.45, 2.75) is 98.5 Å². The molecule has 4 aliphatic rings. The molecule has 2 aromatic carbocycles. The monoisotopic (exact) mass is 753 g/mol. The van der Waals surface area contributed by atoms with E-state index in [4.69, 9.17) is 4.74 Å². The Balaban J connectivity index is 1.06. The van der Waals surface area contributed by atoms with E-state index in [1.165, 1.54) is 14.0 Å². The molecule has 0 aliphatic carbocycles. The average molecular weight is 754 g/mol. The van der Waals surface area contributed by atoms with Crippen molar-refractivity contribution in [2.24, 2.45) is 9.98 Å². The number of likely N-dealkylation sites (tertiary alicyclic amines) is 1. The molecule has 3 amide bonds. The van der Waals surface area contributed by atoms with Crippen LogP contribution in [0.5, 0.6) is 11.5 Å². The van der Waals surface area contributed by atoms with Crippen molar-refractivity contribution < 1.29 is 42.5 Å². The van der Waals surface area contributed by atoms with E-state index in [1.54, 1.807) is 48.2 Å². The summed E-state index contributed by atoms with van der Waals surface area (Å²) in [7, 11) is -2.74. The highest BCUT2D eigenvalue weighted by molar-refractivity contribution is 7.91. The standard InChI is InChI=1S/C36H47N7O9S/c1-20(44)15-32(46)37-13-5-4-8-31-38-18-24(40-31)22-10-12-29-28(16-22)52-27-11-9-23(17-30(27)53(29,49)50)25-19-39-34(41-25)26-7-6-14-43(26)35(47)33(21(2)45)42-36(48)51-3/h9-12,16-17,20-21,24-26,33,44-45H,4-8,13-15,18-19H2,1-3H3,(H,37,46)(H,38,40)(H,39,41)(H,42,48)/t20-,21-,24?,25?,26-,33-/m0/s1. The summed E-state index contributed by atoms with van der Waals surface area (Å²) in [5, 5.41) is 31.6. The molecular formula is C36H47N7O9S. The van der Waals surface area contributed by atoms with E-state index in [0.717, 1.165) is 24.2 Å². The molecular weight excluding hydrogens is 707 g/mol. The van der Waals surface area contributed by atoms with E-state index in [-0.39, 0.29) is 45.7 Å². The fourth-order valence-electron chi connectivity index (χ4n) is 7.05. The first-order valence-corrected chi connectivity index (χ1v) is 19.4. The lowest BCUT2D eigenvalue weighted by Crippen LogP contribution is -2.56. The Labute approximate surface area is 308 Å². The zero-order chi connectivity index (χ0) is 37.9. The molecule has 0 bridgehead atoms. The van der Waals surface area contributed by atoms with Crippen LogP contribution in [-0.2, 0) is 24.2 Å². The van der Waals surface area contributed by atoms with Crippen molar-refractivity contribution in [3.8, 4) is 11.5 Å². The third-order valence-electron chi connectivity index (χ3n) is 9.81. The number of unbranched alkanes of at least 4 members (excludes halogenated alkanes) is 1. The van der Waals surface area contributed by atoms with E-state index in [2.05, 4.69) is 36.0 Å². The summed E-state index contributed by atoms with van der Waals surface area (Å²) in [4.78, 5) is 48.0. The largest absolute Gasteiger partial charge is 0.455 e. The molecule has 2 unspecified atom stereocenters. The zero-order valence-electron chi connectivity index (χ0n) is 30.0.